The number of nitrogens with zero attached hydrogens (tertiary/aromatic N) is 3. The first kappa shape index (κ1) is 13.6. The first-order valence-electron chi connectivity index (χ1n) is 5.39. The van der Waals surface area contributed by atoms with Crippen LogP contribution in [0.25, 0.3) is 0 Å². The van der Waals surface area contributed by atoms with E-state index in [-0.39, 0.29) is 5.57 Å². The molecule has 1 aromatic rings. The van der Waals surface area contributed by atoms with Crippen molar-refractivity contribution in [1.29, 1.82) is 5.26 Å². The number of carbonyl (C=O) groups excluding carboxylic acids is 1. The first-order chi connectivity index (χ1) is 8.42. The van der Waals surface area contributed by atoms with Crippen LogP contribution in [0, 0.1) is 11.3 Å². The second-order valence-corrected chi connectivity index (χ2v) is 4.59. The molecule has 0 aliphatic rings. The molecule has 0 fully saturated rings. The van der Waals surface area contributed by atoms with E-state index in [9.17, 15) is 4.79 Å². The monoisotopic (exact) mass is 245 g/mol. The number of anilines is 1. The molecule has 18 heavy (non-hydrogen) atoms. The van der Waals surface area contributed by atoms with Gasteiger partial charge in [0, 0.05) is 24.1 Å². The zero-order valence-electron chi connectivity index (χ0n) is 10.6. The number of hydrogen-bond acceptors (Lipinski definition) is 5. The van der Waals surface area contributed by atoms with Crippen molar-refractivity contribution >= 4 is 11.9 Å². The van der Waals surface area contributed by atoms with E-state index < -0.39 is 11.4 Å². The number of rotatable bonds is 3. The highest BCUT2D eigenvalue weighted by atomic mass is 16.1. The van der Waals surface area contributed by atoms with Crippen LogP contribution in [-0.4, -0.2) is 21.4 Å². The molecule has 1 rings (SSSR count). The average molecular weight is 245 g/mol. The van der Waals surface area contributed by atoms with Crippen LogP contribution in [0.1, 0.15) is 20.8 Å². The van der Waals surface area contributed by atoms with Crippen molar-refractivity contribution in [3.63, 3.8) is 0 Å². The fraction of sp³-hybridized carbons (Fsp3) is 0.333. The van der Waals surface area contributed by atoms with Crippen LogP contribution >= 0.6 is 0 Å². The Kier molecular flexibility index (Phi) is 4.38. The summed E-state index contributed by atoms with van der Waals surface area (Å²) < 4.78 is 0. The maximum Gasteiger partial charge on any atom is 0.263 e. The molecule has 0 saturated carbocycles. The van der Waals surface area contributed by atoms with Crippen LogP contribution in [0.4, 0.5) is 5.95 Å². The summed E-state index contributed by atoms with van der Waals surface area (Å²) in [5.74, 6) is -0.109. The fourth-order valence-corrected chi connectivity index (χ4v) is 1.07. The quantitative estimate of drug-likeness (QED) is 0.617. The Bertz CT molecular complexity index is 481. The Morgan fingerprint density at radius 1 is 1.39 bits per heavy atom. The second kappa shape index (κ2) is 5.77. The molecule has 0 radical (unpaired) electrons. The van der Waals surface area contributed by atoms with E-state index in [1.165, 1.54) is 6.20 Å². The van der Waals surface area contributed by atoms with Gasteiger partial charge in [-0.3, -0.25) is 4.79 Å². The summed E-state index contributed by atoms with van der Waals surface area (Å²) in [7, 11) is 0. The minimum atomic E-state index is -0.437. The van der Waals surface area contributed by atoms with E-state index in [2.05, 4.69) is 20.6 Å². The molecule has 1 heterocycles. The Balaban J connectivity index is 2.73. The molecule has 0 aliphatic carbocycles. The van der Waals surface area contributed by atoms with Crippen LogP contribution < -0.4 is 10.6 Å². The Labute approximate surface area is 106 Å². The Morgan fingerprint density at radius 3 is 2.50 bits per heavy atom. The summed E-state index contributed by atoms with van der Waals surface area (Å²) in [5, 5.41) is 14.3. The minimum Gasteiger partial charge on any atom is -0.347 e. The van der Waals surface area contributed by atoms with Crippen molar-refractivity contribution in [2.45, 2.75) is 26.3 Å². The lowest BCUT2D eigenvalue weighted by atomic mass is 10.1. The second-order valence-electron chi connectivity index (χ2n) is 4.59. The summed E-state index contributed by atoms with van der Waals surface area (Å²) in [6.07, 6.45) is 4.41. The van der Waals surface area contributed by atoms with Gasteiger partial charge in [-0.25, -0.2) is 9.97 Å². The average Bonchev–Trinajstić information content (AvgIpc) is 2.29. The van der Waals surface area contributed by atoms with Gasteiger partial charge >= 0.3 is 0 Å². The summed E-state index contributed by atoms with van der Waals surface area (Å²) in [6, 6.07) is 3.50. The number of nitrogens with one attached hydrogen (secondary N) is 2. The zero-order valence-corrected chi connectivity index (χ0v) is 10.6. The minimum absolute atomic E-state index is 0.0302. The van der Waals surface area contributed by atoms with E-state index in [0.29, 0.717) is 5.95 Å². The van der Waals surface area contributed by atoms with Crippen molar-refractivity contribution < 1.29 is 4.79 Å². The van der Waals surface area contributed by atoms with Crippen LogP contribution in [0.2, 0.25) is 0 Å². The Hall–Kier alpha value is -2.42. The van der Waals surface area contributed by atoms with Gasteiger partial charge in [0.2, 0.25) is 5.95 Å². The third-order valence-electron chi connectivity index (χ3n) is 1.76. The van der Waals surface area contributed by atoms with Crippen molar-refractivity contribution in [2.75, 3.05) is 5.32 Å². The maximum absolute atomic E-state index is 11.7. The third-order valence-corrected chi connectivity index (χ3v) is 1.76. The SMILES string of the molecule is CC(C)(C)NC(=O)/C(C#N)=C\Nc1ncccn1. The van der Waals surface area contributed by atoms with Crippen molar-refractivity contribution in [1.82, 2.24) is 15.3 Å². The van der Waals surface area contributed by atoms with Crippen LogP contribution in [0.15, 0.2) is 30.2 Å². The highest BCUT2D eigenvalue weighted by Gasteiger charge is 2.17. The Morgan fingerprint density at radius 2 is 2.00 bits per heavy atom. The summed E-state index contributed by atoms with van der Waals surface area (Å²) >= 11 is 0. The van der Waals surface area contributed by atoms with Gasteiger partial charge in [0.15, 0.2) is 0 Å². The molecular formula is C12H15N5O. The molecule has 0 saturated heterocycles. The van der Waals surface area contributed by atoms with Gasteiger partial charge in [-0.1, -0.05) is 0 Å². The lowest BCUT2D eigenvalue weighted by molar-refractivity contribution is -0.118. The van der Waals surface area contributed by atoms with E-state index in [0.717, 1.165) is 0 Å². The standard InChI is InChI=1S/C12H15N5O/c1-12(2,3)17-10(18)9(7-13)8-16-11-14-5-4-6-15-11/h4-6,8H,1-3H3,(H,17,18)(H,14,15,16)/b9-8-. The third kappa shape index (κ3) is 4.61. The molecule has 0 atom stereocenters. The predicted octanol–water partition coefficient (Wildman–Crippen LogP) is 1.21. The largest absolute Gasteiger partial charge is 0.347 e. The van der Waals surface area contributed by atoms with Gasteiger partial charge in [-0.15, -0.1) is 0 Å². The molecule has 1 amide bonds. The highest BCUT2D eigenvalue weighted by molar-refractivity contribution is 5.97. The summed E-state index contributed by atoms with van der Waals surface area (Å²) in [5.41, 5.74) is -0.423. The van der Waals surface area contributed by atoms with E-state index in [1.54, 1.807) is 18.5 Å². The topological polar surface area (TPSA) is 90.7 Å². The molecular weight excluding hydrogens is 230 g/mol. The maximum atomic E-state index is 11.7. The molecule has 0 aromatic carbocycles. The predicted molar refractivity (Wildman–Crippen MR) is 67.2 cm³/mol. The van der Waals surface area contributed by atoms with Gasteiger partial charge < -0.3 is 10.6 Å². The van der Waals surface area contributed by atoms with Gasteiger partial charge in [0.25, 0.3) is 5.91 Å². The van der Waals surface area contributed by atoms with Crippen molar-refractivity contribution in [3.8, 4) is 6.07 Å². The molecule has 0 bridgehead atoms. The van der Waals surface area contributed by atoms with Crippen molar-refractivity contribution in [2.24, 2.45) is 0 Å². The van der Waals surface area contributed by atoms with Gasteiger partial charge in [-0.05, 0) is 26.8 Å². The molecule has 1 aromatic heterocycles. The molecule has 94 valence electrons. The molecule has 6 heteroatoms. The van der Waals surface area contributed by atoms with Crippen LogP contribution in [-0.2, 0) is 4.79 Å². The number of nitriles is 1. The number of aromatic nitrogens is 2. The molecule has 2 N–H and O–H groups in total. The summed E-state index contributed by atoms with van der Waals surface area (Å²) in [4.78, 5) is 19.6. The fourth-order valence-electron chi connectivity index (χ4n) is 1.07. The number of amides is 1. The molecule has 0 spiro atoms. The van der Waals surface area contributed by atoms with Crippen molar-refractivity contribution in [3.05, 3.63) is 30.2 Å². The number of hydrogen-bond donors (Lipinski definition) is 2. The van der Waals surface area contributed by atoms with E-state index in [4.69, 9.17) is 5.26 Å². The van der Waals surface area contributed by atoms with Gasteiger partial charge in [0.05, 0.1) is 0 Å². The van der Waals surface area contributed by atoms with Crippen LogP contribution in [0.5, 0.6) is 0 Å². The molecule has 6 nitrogen and oxygen atoms in total. The first-order valence-corrected chi connectivity index (χ1v) is 5.39. The van der Waals surface area contributed by atoms with Gasteiger partial charge in [-0.2, -0.15) is 5.26 Å². The van der Waals surface area contributed by atoms with E-state index in [1.807, 2.05) is 26.8 Å². The lowest BCUT2D eigenvalue weighted by Crippen LogP contribution is -2.41. The molecule has 0 aliphatic heterocycles. The highest BCUT2D eigenvalue weighted by Crippen LogP contribution is 2.03. The van der Waals surface area contributed by atoms with E-state index >= 15 is 0 Å². The smallest absolute Gasteiger partial charge is 0.263 e. The summed E-state index contributed by atoms with van der Waals surface area (Å²) in [6.45, 7) is 5.52. The van der Waals surface area contributed by atoms with Gasteiger partial charge in [0.1, 0.15) is 11.6 Å². The zero-order chi connectivity index (χ0) is 13.6. The lowest BCUT2D eigenvalue weighted by Gasteiger charge is -2.19. The number of carbonyl (C=O) groups is 1. The normalized spacial score (nSPS) is 11.6. The molecule has 0 unspecified atom stereocenters. The van der Waals surface area contributed by atoms with Crippen LogP contribution in [0.3, 0.4) is 0 Å².